The average molecular weight is 501 g/mol. The first-order valence-corrected chi connectivity index (χ1v) is 13.5. The number of hydrogen-bond acceptors (Lipinski definition) is 5. The summed E-state index contributed by atoms with van der Waals surface area (Å²) in [6.45, 7) is 5.49. The Hall–Kier alpha value is -2.16. The molecule has 0 bridgehead atoms. The van der Waals surface area contributed by atoms with Crippen molar-refractivity contribution in [1.82, 2.24) is 14.7 Å². The lowest BCUT2D eigenvalue weighted by Gasteiger charge is -2.41. The van der Waals surface area contributed by atoms with Crippen molar-refractivity contribution in [3.8, 4) is 0 Å². The Labute approximate surface area is 211 Å². The van der Waals surface area contributed by atoms with Crippen LogP contribution in [-0.4, -0.2) is 90.8 Å². The van der Waals surface area contributed by atoms with Gasteiger partial charge in [0.25, 0.3) is 0 Å². The highest BCUT2D eigenvalue weighted by Gasteiger charge is 2.43. The maximum absolute atomic E-state index is 14.2. The van der Waals surface area contributed by atoms with E-state index in [2.05, 4.69) is 16.8 Å². The van der Waals surface area contributed by atoms with Gasteiger partial charge in [-0.3, -0.25) is 9.69 Å². The van der Waals surface area contributed by atoms with Gasteiger partial charge in [0.05, 0.1) is 11.7 Å². The van der Waals surface area contributed by atoms with E-state index in [1.807, 2.05) is 34.1 Å². The number of piperazine rings is 1. The van der Waals surface area contributed by atoms with Gasteiger partial charge >= 0.3 is 0 Å². The number of rotatable bonds is 5. The fraction of sp³-hybridized carbons (Fsp3) is 0.519. The second-order valence-corrected chi connectivity index (χ2v) is 11.3. The zero-order chi connectivity index (χ0) is 24.4. The number of para-hydroxylation sites is 1. The van der Waals surface area contributed by atoms with Crippen LogP contribution in [-0.2, 0) is 4.79 Å². The molecule has 0 aliphatic carbocycles. The van der Waals surface area contributed by atoms with Crippen LogP contribution in [0.1, 0.15) is 19.3 Å². The molecule has 3 fully saturated rings. The van der Waals surface area contributed by atoms with Crippen molar-refractivity contribution < 1.29 is 13.6 Å². The number of thioether (sulfide) groups is 1. The number of carbonyl (C=O) groups excluding carboxylic acids is 1. The first-order chi connectivity index (χ1) is 17.0. The molecule has 2 aromatic rings. The SMILES string of the molecule is CN1CCC(N2C[C@@H](Sc3ccc(F)cc3)C[C@H]2C(=O)N2CCN(c3ccccc3F)CC2)CC1. The molecular formula is C27H34F2N4OS. The van der Waals surface area contributed by atoms with E-state index in [4.69, 9.17) is 0 Å². The lowest BCUT2D eigenvalue weighted by molar-refractivity contribution is -0.137. The van der Waals surface area contributed by atoms with Crippen LogP contribution in [0.4, 0.5) is 14.5 Å². The number of likely N-dealkylation sites (tertiary alicyclic amines) is 2. The molecule has 2 atom stereocenters. The standard InChI is InChI=1S/C27H34F2N4OS/c1-30-12-10-21(11-13-30)33-19-23(35-22-8-6-20(28)7-9-22)18-26(33)27(34)32-16-14-31(15-17-32)25-5-3-2-4-24(25)29/h2-9,21,23,26H,10-19H2,1H3/t23-,26-/m0/s1. The molecule has 188 valence electrons. The summed E-state index contributed by atoms with van der Waals surface area (Å²) in [4.78, 5) is 23.7. The molecule has 0 unspecified atom stereocenters. The van der Waals surface area contributed by atoms with Gasteiger partial charge < -0.3 is 14.7 Å². The van der Waals surface area contributed by atoms with Crippen LogP contribution in [0.2, 0.25) is 0 Å². The van der Waals surface area contributed by atoms with Gasteiger partial charge in [-0.2, -0.15) is 0 Å². The van der Waals surface area contributed by atoms with Gasteiger partial charge in [0.2, 0.25) is 5.91 Å². The highest BCUT2D eigenvalue weighted by Crippen LogP contribution is 2.36. The van der Waals surface area contributed by atoms with Gasteiger partial charge in [0.15, 0.2) is 0 Å². The molecule has 5 nitrogen and oxygen atoms in total. The van der Waals surface area contributed by atoms with Crippen LogP contribution >= 0.6 is 11.8 Å². The maximum atomic E-state index is 14.2. The number of carbonyl (C=O) groups is 1. The Bertz CT molecular complexity index is 1010. The van der Waals surface area contributed by atoms with E-state index in [-0.39, 0.29) is 23.6 Å². The minimum absolute atomic E-state index is 0.124. The number of hydrogen-bond donors (Lipinski definition) is 0. The molecule has 0 N–H and O–H groups in total. The maximum Gasteiger partial charge on any atom is 0.240 e. The summed E-state index contributed by atoms with van der Waals surface area (Å²) < 4.78 is 27.6. The highest BCUT2D eigenvalue weighted by molar-refractivity contribution is 8.00. The van der Waals surface area contributed by atoms with Crippen LogP contribution in [0.3, 0.4) is 0 Å². The predicted molar refractivity (Wildman–Crippen MR) is 137 cm³/mol. The van der Waals surface area contributed by atoms with E-state index in [9.17, 15) is 13.6 Å². The molecule has 2 aromatic carbocycles. The molecule has 0 spiro atoms. The van der Waals surface area contributed by atoms with Gasteiger partial charge in [-0.25, -0.2) is 8.78 Å². The van der Waals surface area contributed by atoms with Crippen molar-refractivity contribution in [2.45, 2.75) is 41.5 Å². The largest absolute Gasteiger partial charge is 0.366 e. The Morgan fingerprint density at radius 2 is 1.60 bits per heavy atom. The van der Waals surface area contributed by atoms with Crippen molar-refractivity contribution in [1.29, 1.82) is 0 Å². The van der Waals surface area contributed by atoms with Crippen LogP contribution in [0.25, 0.3) is 0 Å². The van der Waals surface area contributed by atoms with E-state index < -0.39 is 0 Å². The fourth-order valence-electron chi connectivity index (χ4n) is 5.67. The molecular weight excluding hydrogens is 466 g/mol. The quantitative estimate of drug-likeness (QED) is 0.621. The van der Waals surface area contributed by atoms with Crippen LogP contribution in [0.5, 0.6) is 0 Å². The van der Waals surface area contributed by atoms with E-state index in [1.165, 1.54) is 18.2 Å². The Balaban J connectivity index is 1.26. The van der Waals surface area contributed by atoms with Crippen LogP contribution < -0.4 is 4.90 Å². The minimum atomic E-state index is -0.226. The molecule has 5 rings (SSSR count). The number of amides is 1. The number of benzene rings is 2. The van der Waals surface area contributed by atoms with Gasteiger partial charge in [0.1, 0.15) is 11.6 Å². The van der Waals surface area contributed by atoms with Gasteiger partial charge in [-0.05, 0) is 75.8 Å². The smallest absolute Gasteiger partial charge is 0.240 e. The second kappa shape index (κ2) is 10.8. The summed E-state index contributed by atoms with van der Waals surface area (Å²) in [5, 5.41) is 0.300. The first kappa shape index (κ1) is 24.5. The molecule has 0 saturated carbocycles. The average Bonchev–Trinajstić information content (AvgIpc) is 3.29. The monoisotopic (exact) mass is 500 g/mol. The summed E-state index contributed by atoms with van der Waals surface area (Å²) in [7, 11) is 2.16. The highest BCUT2D eigenvalue weighted by atomic mass is 32.2. The third-order valence-corrected chi connectivity index (χ3v) is 8.86. The van der Waals surface area contributed by atoms with Gasteiger partial charge in [0, 0.05) is 48.9 Å². The number of piperidine rings is 1. The summed E-state index contributed by atoms with van der Waals surface area (Å²) in [5.74, 6) is -0.229. The first-order valence-electron chi connectivity index (χ1n) is 12.6. The molecule has 3 heterocycles. The lowest BCUT2D eigenvalue weighted by atomic mass is 10.0. The van der Waals surface area contributed by atoms with Crippen molar-refractivity contribution in [2.75, 3.05) is 57.8 Å². The minimum Gasteiger partial charge on any atom is -0.366 e. The predicted octanol–water partition coefficient (Wildman–Crippen LogP) is 3.94. The molecule has 0 aromatic heterocycles. The van der Waals surface area contributed by atoms with E-state index in [0.717, 1.165) is 43.8 Å². The van der Waals surface area contributed by atoms with Crippen molar-refractivity contribution in [2.24, 2.45) is 0 Å². The summed E-state index contributed by atoms with van der Waals surface area (Å²) in [6.07, 6.45) is 2.96. The zero-order valence-corrected chi connectivity index (χ0v) is 21.1. The molecule has 3 saturated heterocycles. The summed E-state index contributed by atoms with van der Waals surface area (Å²) in [6, 6.07) is 13.8. The fourth-order valence-corrected chi connectivity index (χ4v) is 6.88. The van der Waals surface area contributed by atoms with E-state index in [0.29, 0.717) is 43.2 Å². The number of anilines is 1. The molecule has 1 amide bonds. The van der Waals surface area contributed by atoms with E-state index >= 15 is 0 Å². The third kappa shape index (κ3) is 5.65. The summed E-state index contributed by atoms with van der Waals surface area (Å²) >= 11 is 1.76. The molecule has 8 heteroatoms. The number of nitrogens with zero attached hydrogens (tertiary/aromatic N) is 4. The molecule has 0 radical (unpaired) electrons. The Kier molecular flexibility index (Phi) is 7.60. The van der Waals surface area contributed by atoms with Crippen LogP contribution in [0, 0.1) is 11.6 Å². The lowest BCUT2D eigenvalue weighted by Crippen LogP contribution is -2.56. The molecule has 35 heavy (non-hydrogen) atoms. The molecule has 3 aliphatic heterocycles. The van der Waals surface area contributed by atoms with E-state index in [1.54, 1.807) is 17.8 Å². The molecule has 3 aliphatic rings. The van der Waals surface area contributed by atoms with Crippen molar-refractivity contribution >= 4 is 23.4 Å². The summed E-state index contributed by atoms with van der Waals surface area (Å²) in [5.41, 5.74) is 0.615. The normalized spacial score (nSPS) is 24.8. The van der Waals surface area contributed by atoms with Gasteiger partial charge in [-0.15, -0.1) is 11.8 Å². The zero-order valence-electron chi connectivity index (χ0n) is 20.3. The van der Waals surface area contributed by atoms with Crippen molar-refractivity contribution in [3.05, 3.63) is 60.2 Å². The number of halogens is 2. The Morgan fingerprint density at radius 3 is 2.29 bits per heavy atom. The second-order valence-electron chi connectivity index (χ2n) is 9.94. The van der Waals surface area contributed by atoms with Crippen molar-refractivity contribution in [3.63, 3.8) is 0 Å². The van der Waals surface area contributed by atoms with Gasteiger partial charge in [-0.1, -0.05) is 12.1 Å². The topological polar surface area (TPSA) is 30.0 Å². The third-order valence-electron chi connectivity index (χ3n) is 7.64. The Morgan fingerprint density at radius 1 is 0.914 bits per heavy atom. The van der Waals surface area contributed by atoms with Crippen LogP contribution in [0.15, 0.2) is 53.4 Å².